The Kier molecular flexibility index (Phi) is 5.12. The van der Waals surface area contributed by atoms with Gasteiger partial charge in [-0.1, -0.05) is 12.1 Å². The molecule has 16 heavy (non-hydrogen) atoms. The molecule has 0 N–H and O–H groups in total. The predicted molar refractivity (Wildman–Crippen MR) is 60.8 cm³/mol. The first-order valence-electron chi connectivity index (χ1n) is 5.45. The molecule has 1 aromatic rings. The molecule has 0 saturated carbocycles. The van der Waals surface area contributed by atoms with Crippen LogP contribution < -0.4 is 0 Å². The van der Waals surface area contributed by atoms with Gasteiger partial charge in [0.15, 0.2) is 0 Å². The Morgan fingerprint density at radius 1 is 1.44 bits per heavy atom. The predicted octanol–water partition coefficient (Wildman–Crippen LogP) is 2.75. The van der Waals surface area contributed by atoms with Crippen LogP contribution in [0.15, 0.2) is 24.3 Å². The summed E-state index contributed by atoms with van der Waals surface area (Å²) in [5.74, 6) is -0.227. The number of ether oxygens (including phenoxy) is 1. The molecule has 0 aromatic heterocycles. The Labute approximate surface area is 95.4 Å². The quantitative estimate of drug-likeness (QED) is 0.742. The summed E-state index contributed by atoms with van der Waals surface area (Å²) in [6, 6.07) is 6.13. The van der Waals surface area contributed by atoms with Crippen LogP contribution in [0.25, 0.3) is 0 Å². The Balaban J connectivity index is 2.34. The van der Waals surface area contributed by atoms with Crippen LogP contribution in [0.2, 0.25) is 0 Å². The number of hydrogen-bond donors (Lipinski definition) is 0. The second-order valence-corrected chi connectivity index (χ2v) is 4.01. The third-order valence-electron chi connectivity index (χ3n) is 2.12. The summed E-state index contributed by atoms with van der Waals surface area (Å²) >= 11 is 0. The molecule has 0 bridgehead atoms. The normalized spacial score (nSPS) is 10.8. The van der Waals surface area contributed by atoms with E-state index in [4.69, 9.17) is 4.74 Å². The number of carbonyl (C=O) groups excluding carboxylic acids is 1. The van der Waals surface area contributed by atoms with Crippen molar-refractivity contribution >= 4 is 5.78 Å². The molecule has 0 spiro atoms. The summed E-state index contributed by atoms with van der Waals surface area (Å²) in [6.45, 7) is 4.29. The van der Waals surface area contributed by atoms with Gasteiger partial charge >= 0.3 is 0 Å². The van der Waals surface area contributed by atoms with Crippen LogP contribution in [0.5, 0.6) is 0 Å². The van der Waals surface area contributed by atoms with Crippen LogP contribution >= 0.6 is 0 Å². The van der Waals surface area contributed by atoms with E-state index in [2.05, 4.69) is 0 Å². The molecule has 0 aliphatic carbocycles. The van der Waals surface area contributed by atoms with Crippen molar-refractivity contribution in [3.8, 4) is 0 Å². The molecule has 0 atom stereocenters. The molecule has 1 rings (SSSR count). The number of hydrogen-bond acceptors (Lipinski definition) is 2. The molecule has 0 heterocycles. The highest BCUT2D eigenvalue weighted by atomic mass is 19.1. The first kappa shape index (κ1) is 12.8. The topological polar surface area (TPSA) is 26.3 Å². The zero-order valence-corrected chi connectivity index (χ0v) is 9.70. The molecular weight excluding hydrogens is 207 g/mol. The lowest BCUT2D eigenvalue weighted by Crippen LogP contribution is -2.10. The van der Waals surface area contributed by atoms with E-state index in [9.17, 15) is 9.18 Å². The fourth-order valence-electron chi connectivity index (χ4n) is 1.37. The van der Waals surface area contributed by atoms with Crippen molar-refractivity contribution in [1.29, 1.82) is 0 Å². The van der Waals surface area contributed by atoms with Gasteiger partial charge in [0.2, 0.25) is 0 Å². The van der Waals surface area contributed by atoms with Crippen LogP contribution in [-0.2, 0) is 16.0 Å². The van der Waals surface area contributed by atoms with Gasteiger partial charge in [-0.3, -0.25) is 4.79 Å². The van der Waals surface area contributed by atoms with Crippen LogP contribution in [0.4, 0.5) is 4.39 Å². The summed E-state index contributed by atoms with van der Waals surface area (Å²) in [4.78, 5) is 11.5. The minimum absolute atomic E-state index is 0.0752. The van der Waals surface area contributed by atoms with Gasteiger partial charge < -0.3 is 4.74 Å². The van der Waals surface area contributed by atoms with Crippen molar-refractivity contribution in [2.75, 3.05) is 6.61 Å². The number of carbonyl (C=O) groups is 1. The molecule has 0 aliphatic heterocycles. The molecule has 0 radical (unpaired) electrons. The van der Waals surface area contributed by atoms with Gasteiger partial charge in [-0.2, -0.15) is 0 Å². The molecule has 1 aromatic carbocycles. The van der Waals surface area contributed by atoms with Crippen molar-refractivity contribution in [1.82, 2.24) is 0 Å². The maximum atomic E-state index is 12.8. The van der Waals surface area contributed by atoms with E-state index in [1.807, 2.05) is 13.8 Å². The van der Waals surface area contributed by atoms with E-state index in [0.29, 0.717) is 13.0 Å². The maximum absolute atomic E-state index is 12.8. The summed E-state index contributed by atoms with van der Waals surface area (Å²) in [6.07, 6.45) is 0.801. The highest BCUT2D eigenvalue weighted by Crippen LogP contribution is 2.06. The second-order valence-electron chi connectivity index (χ2n) is 4.01. The summed E-state index contributed by atoms with van der Waals surface area (Å²) < 4.78 is 18.1. The number of rotatable bonds is 6. The molecule has 0 saturated heterocycles. The minimum Gasteiger partial charge on any atom is -0.378 e. The number of halogens is 1. The van der Waals surface area contributed by atoms with Gasteiger partial charge in [0.25, 0.3) is 0 Å². The van der Waals surface area contributed by atoms with Crippen molar-refractivity contribution < 1.29 is 13.9 Å². The van der Waals surface area contributed by atoms with Gasteiger partial charge in [-0.05, 0) is 31.5 Å². The summed E-state index contributed by atoms with van der Waals surface area (Å²) in [7, 11) is 0. The van der Waals surface area contributed by atoms with Crippen LogP contribution in [0, 0.1) is 5.82 Å². The first-order valence-corrected chi connectivity index (χ1v) is 5.45. The van der Waals surface area contributed by atoms with Crippen molar-refractivity contribution in [3.05, 3.63) is 35.6 Å². The lowest BCUT2D eigenvalue weighted by Gasteiger charge is -2.06. The van der Waals surface area contributed by atoms with Crippen LogP contribution in [-0.4, -0.2) is 18.5 Å². The fourth-order valence-corrected chi connectivity index (χ4v) is 1.37. The Hall–Kier alpha value is -1.22. The molecule has 88 valence electrons. The van der Waals surface area contributed by atoms with Gasteiger partial charge in [0.05, 0.1) is 12.7 Å². The fraction of sp³-hybridized carbons (Fsp3) is 0.462. The number of benzene rings is 1. The molecule has 0 aliphatic rings. The summed E-state index contributed by atoms with van der Waals surface area (Å²) in [5.41, 5.74) is 0.717. The lowest BCUT2D eigenvalue weighted by molar-refractivity contribution is -0.119. The van der Waals surface area contributed by atoms with Crippen molar-refractivity contribution in [3.63, 3.8) is 0 Å². The van der Waals surface area contributed by atoms with Crippen molar-refractivity contribution in [2.24, 2.45) is 0 Å². The van der Waals surface area contributed by atoms with E-state index < -0.39 is 0 Å². The standard InChI is InChI=1S/C13H17FO2/c1-10(2)16-7-6-13(15)9-11-4-3-5-12(14)8-11/h3-5,8,10H,6-7,9H2,1-2H3. The smallest absolute Gasteiger partial charge is 0.139 e. The van der Waals surface area contributed by atoms with Gasteiger partial charge in [-0.15, -0.1) is 0 Å². The molecule has 0 fully saturated rings. The van der Waals surface area contributed by atoms with Crippen molar-refractivity contribution in [2.45, 2.75) is 32.8 Å². The average molecular weight is 224 g/mol. The first-order chi connectivity index (χ1) is 7.58. The van der Waals surface area contributed by atoms with Crippen LogP contribution in [0.1, 0.15) is 25.8 Å². The monoisotopic (exact) mass is 224 g/mol. The number of ketones is 1. The largest absolute Gasteiger partial charge is 0.378 e. The molecule has 2 nitrogen and oxygen atoms in total. The molecular formula is C13H17FO2. The van der Waals surface area contributed by atoms with E-state index in [1.54, 1.807) is 12.1 Å². The zero-order chi connectivity index (χ0) is 12.0. The Morgan fingerprint density at radius 2 is 2.19 bits per heavy atom. The molecule has 0 amide bonds. The lowest BCUT2D eigenvalue weighted by atomic mass is 10.1. The SMILES string of the molecule is CC(C)OCCC(=O)Cc1cccc(F)c1. The zero-order valence-electron chi connectivity index (χ0n) is 9.70. The van der Waals surface area contributed by atoms with E-state index >= 15 is 0 Å². The van der Waals surface area contributed by atoms with E-state index in [-0.39, 0.29) is 24.1 Å². The third kappa shape index (κ3) is 5.03. The highest BCUT2D eigenvalue weighted by Gasteiger charge is 2.05. The highest BCUT2D eigenvalue weighted by molar-refractivity contribution is 5.80. The Morgan fingerprint density at radius 3 is 2.81 bits per heavy atom. The molecule has 3 heteroatoms. The van der Waals surface area contributed by atoms with E-state index in [0.717, 1.165) is 5.56 Å². The summed E-state index contributed by atoms with van der Waals surface area (Å²) in [5, 5.41) is 0. The van der Waals surface area contributed by atoms with E-state index in [1.165, 1.54) is 12.1 Å². The van der Waals surface area contributed by atoms with Crippen LogP contribution in [0.3, 0.4) is 0 Å². The molecule has 0 unspecified atom stereocenters. The maximum Gasteiger partial charge on any atom is 0.139 e. The van der Waals surface area contributed by atoms with Gasteiger partial charge in [0.1, 0.15) is 11.6 Å². The van der Waals surface area contributed by atoms with Gasteiger partial charge in [0, 0.05) is 12.8 Å². The second kappa shape index (κ2) is 6.38. The average Bonchev–Trinajstić information content (AvgIpc) is 2.16. The number of Topliss-reactive ketones (excluding diaryl/α,β-unsaturated/α-hetero) is 1. The minimum atomic E-state index is -0.302. The Bertz CT molecular complexity index is 348. The van der Waals surface area contributed by atoms with Gasteiger partial charge in [-0.25, -0.2) is 4.39 Å². The third-order valence-corrected chi connectivity index (χ3v) is 2.12.